The summed E-state index contributed by atoms with van der Waals surface area (Å²) in [6.45, 7) is 2.61. The van der Waals surface area contributed by atoms with Crippen molar-refractivity contribution in [1.82, 2.24) is 20.6 Å². The molecule has 1 unspecified atom stereocenters. The van der Waals surface area contributed by atoms with E-state index in [0.29, 0.717) is 18.2 Å². The Kier molecular flexibility index (Phi) is 5.50. The number of carbonyl (C=O) groups is 1. The Balaban J connectivity index is 0.00000162. The molecular formula is C12H19ClN4O. The zero-order valence-corrected chi connectivity index (χ0v) is 11.5. The lowest BCUT2D eigenvalue weighted by Gasteiger charge is -2.11. The van der Waals surface area contributed by atoms with E-state index in [9.17, 15) is 4.79 Å². The summed E-state index contributed by atoms with van der Waals surface area (Å²) < 4.78 is 0. The van der Waals surface area contributed by atoms with E-state index < -0.39 is 0 Å². The Morgan fingerprint density at radius 3 is 2.89 bits per heavy atom. The van der Waals surface area contributed by atoms with Crippen LogP contribution in [0.25, 0.3) is 0 Å². The molecule has 0 aromatic carbocycles. The summed E-state index contributed by atoms with van der Waals surface area (Å²) in [4.78, 5) is 20.3. The fourth-order valence-electron chi connectivity index (χ4n) is 1.48. The smallest absolute Gasteiger partial charge is 0.270 e. The average molecular weight is 271 g/mol. The average Bonchev–Trinajstić information content (AvgIpc) is 3.20. The Bertz CT molecular complexity index is 409. The molecule has 1 aliphatic carbocycles. The standard InChI is InChI=1S/C12H18N4O.ClH/c1-8(13-2)7-15-12(17)10-5-6-14-11(16-10)9-3-4-9;/h5-6,8-9,13H,3-4,7H2,1-2H3,(H,15,17);1H. The molecule has 0 spiro atoms. The van der Waals surface area contributed by atoms with Crippen molar-refractivity contribution in [3.05, 3.63) is 23.8 Å². The Labute approximate surface area is 113 Å². The Morgan fingerprint density at radius 2 is 2.28 bits per heavy atom. The van der Waals surface area contributed by atoms with Crippen LogP contribution < -0.4 is 10.6 Å². The third kappa shape index (κ3) is 3.92. The molecule has 0 bridgehead atoms. The number of hydrogen-bond donors (Lipinski definition) is 2. The SMILES string of the molecule is CNC(C)CNC(=O)c1ccnc(C2CC2)n1.Cl. The molecular weight excluding hydrogens is 252 g/mol. The minimum atomic E-state index is -0.128. The number of amides is 1. The molecule has 1 aliphatic rings. The lowest BCUT2D eigenvalue weighted by Crippen LogP contribution is -2.37. The van der Waals surface area contributed by atoms with Crippen LogP contribution in [0.3, 0.4) is 0 Å². The largest absolute Gasteiger partial charge is 0.349 e. The van der Waals surface area contributed by atoms with Crippen LogP contribution in [-0.4, -0.2) is 35.5 Å². The van der Waals surface area contributed by atoms with E-state index in [1.807, 2.05) is 14.0 Å². The van der Waals surface area contributed by atoms with Gasteiger partial charge in [0.25, 0.3) is 5.91 Å². The van der Waals surface area contributed by atoms with Gasteiger partial charge in [-0.1, -0.05) is 0 Å². The summed E-state index contributed by atoms with van der Waals surface area (Å²) in [6.07, 6.45) is 3.95. The molecule has 2 rings (SSSR count). The fraction of sp³-hybridized carbons (Fsp3) is 0.583. The van der Waals surface area contributed by atoms with Gasteiger partial charge in [0.05, 0.1) is 0 Å². The van der Waals surface area contributed by atoms with E-state index in [4.69, 9.17) is 0 Å². The number of aromatic nitrogens is 2. The van der Waals surface area contributed by atoms with Gasteiger partial charge in [-0.15, -0.1) is 12.4 Å². The van der Waals surface area contributed by atoms with Crippen LogP contribution >= 0.6 is 12.4 Å². The first kappa shape index (κ1) is 14.9. The summed E-state index contributed by atoms with van der Waals surface area (Å²) in [7, 11) is 1.87. The van der Waals surface area contributed by atoms with Crippen molar-refractivity contribution < 1.29 is 4.79 Å². The number of halogens is 1. The van der Waals surface area contributed by atoms with Gasteiger partial charge in [0.1, 0.15) is 11.5 Å². The van der Waals surface area contributed by atoms with Gasteiger partial charge in [-0.05, 0) is 32.9 Å². The van der Waals surface area contributed by atoms with E-state index >= 15 is 0 Å². The highest BCUT2D eigenvalue weighted by Gasteiger charge is 2.27. The molecule has 5 nitrogen and oxygen atoms in total. The van der Waals surface area contributed by atoms with Gasteiger partial charge < -0.3 is 10.6 Å². The summed E-state index contributed by atoms with van der Waals surface area (Å²) in [5, 5.41) is 5.91. The van der Waals surface area contributed by atoms with Gasteiger partial charge in [0.2, 0.25) is 0 Å². The van der Waals surface area contributed by atoms with Crippen LogP contribution in [0.5, 0.6) is 0 Å². The van der Waals surface area contributed by atoms with Crippen LogP contribution in [0.15, 0.2) is 12.3 Å². The van der Waals surface area contributed by atoms with Gasteiger partial charge >= 0.3 is 0 Å². The van der Waals surface area contributed by atoms with Gasteiger partial charge in [-0.25, -0.2) is 9.97 Å². The fourth-order valence-corrected chi connectivity index (χ4v) is 1.48. The molecule has 1 amide bonds. The summed E-state index contributed by atoms with van der Waals surface area (Å²) >= 11 is 0. The van der Waals surface area contributed by atoms with Crippen LogP contribution in [0.4, 0.5) is 0 Å². The molecule has 0 saturated heterocycles. The molecule has 1 heterocycles. The molecule has 6 heteroatoms. The van der Waals surface area contributed by atoms with Crippen molar-refractivity contribution in [2.24, 2.45) is 0 Å². The number of carbonyl (C=O) groups excluding carboxylic acids is 1. The number of nitrogens with one attached hydrogen (secondary N) is 2. The minimum absolute atomic E-state index is 0. The summed E-state index contributed by atoms with van der Waals surface area (Å²) in [5.74, 6) is 1.15. The van der Waals surface area contributed by atoms with Crippen LogP contribution in [-0.2, 0) is 0 Å². The van der Waals surface area contributed by atoms with Gasteiger partial charge in [0, 0.05) is 24.7 Å². The second-order valence-electron chi connectivity index (χ2n) is 4.47. The third-order valence-corrected chi connectivity index (χ3v) is 2.91. The van der Waals surface area contributed by atoms with E-state index in [1.54, 1.807) is 12.3 Å². The van der Waals surface area contributed by atoms with E-state index in [1.165, 1.54) is 0 Å². The van der Waals surface area contributed by atoms with Gasteiger partial charge in [-0.3, -0.25) is 4.79 Å². The molecule has 2 N–H and O–H groups in total. The normalized spacial score (nSPS) is 15.7. The number of likely N-dealkylation sites (N-methyl/N-ethyl adjacent to an activating group) is 1. The first-order valence-corrected chi connectivity index (χ1v) is 5.99. The third-order valence-electron chi connectivity index (χ3n) is 2.91. The molecule has 18 heavy (non-hydrogen) atoms. The highest BCUT2D eigenvalue weighted by Crippen LogP contribution is 2.37. The first-order chi connectivity index (χ1) is 8.20. The zero-order valence-electron chi connectivity index (χ0n) is 10.6. The number of nitrogens with zero attached hydrogens (tertiary/aromatic N) is 2. The van der Waals surface area contributed by atoms with E-state index in [2.05, 4.69) is 20.6 Å². The monoisotopic (exact) mass is 270 g/mol. The van der Waals surface area contributed by atoms with E-state index in [-0.39, 0.29) is 24.4 Å². The van der Waals surface area contributed by atoms with Crippen molar-refractivity contribution >= 4 is 18.3 Å². The maximum Gasteiger partial charge on any atom is 0.270 e. The summed E-state index contributed by atoms with van der Waals surface area (Å²) in [6, 6.07) is 1.91. The Morgan fingerprint density at radius 1 is 1.56 bits per heavy atom. The molecule has 1 aromatic rings. The number of hydrogen-bond acceptors (Lipinski definition) is 4. The van der Waals surface area contributed by atoms with Crippen molar-refractivity contribution in [2.75, 3.05) is 13.6 Å². The van der Waals surface area contributed by atoms with E-state index in [0.717, 1.165) is 18.7 Å². The predicted octanol–water partition coefficient (Wildman–Crippen LogP) is 1.11. The molecule has 1 fully saturated rings. The predicted molar refractivity (Wildman–Crippen MR) is 72.1 cm³/mol. The highest BCUT2D eigenvalue weighted by molar-refractivity contribution is 5.92. The molecule has 100 valence electrons. The van der Waals surface area contributed by atoms with Gasteiger partial charge in [-0.2, -0.15) is 0 Å². The molecule has 0 aliphatic heterocycles. The quantitative estimate of drug-likeness (QED) is 0.841. The highest BCUT2D eigenvalue weighted by atomic mass is 35.5. The van der Waals surface area contributed by atoms with Crippen LogP contribution in [0, 0.1) is 0 Å². The lowest BCUT2D eigenvalue weighted by molar-refractivity contribution is 0.0945. The molecule has 1 saturated carbocycles. The van der Waals surface area contributed by atoms with Crippen molar-refractivity contribution in [3.8, 4) is 0 Å². The van der Waals surface area contributed by atoms with Gasteiger partial charge in [0.15, 0.2) is 0 Å². The zero-order chi connectivity index (χ0) is 12.3. The second-order valence-corrected chi connectivity index (χ2v) is 4.47. The molecule has 0 radical (unpaired) electrons. The maximum atomic E-state index is 11.8. The molecule has 1 aromatic heterocycles. The van der Waals surface area contributed by atoms with Crippen molar-refractivity contribution in [3.63, 3.8) is 0 Å². The van der Waals surface area contributed by atoms with Crippen molar-refractivity contribution in [1.29, 1.82) is 0 Å². The van der Waals surface area contributed by atoms with Crippen molar-refractivity contribution in [2.45, 2.75) is 31.7 Å². The van der Waals surface area contributed by atoms with Crippen LogP contribution in [0.1, 0.15) is 42.0 Å². The maximum absolute atomic E-state index is 11.8. The number of rotatable bonds is 5. The second kappa shape index (κ2) is 6.66. The van der Waals surface area contributed by atoms with Crippen LogP contribution in [0.2, 0.25) is 0 Å². The minimum Gasteiger partial charge on any atom is -0.349 e. The lowest BCUT2D eigenvalue weighted by atomic mass is 10.3. The first-order valence-electron chi connectivity index (χ1n) is 5.99. The molecule has 1 atom stereocenters. The summed E-state index contributed by atoms with van der Waals surface area (Å²) in [5.41, 5.74) is 0.463. The Hall–Kier alpha value is -1.20. The topological polar surface area (TPSA) is 66.9 Å².